The number of benzene rings is 1. The van der Waals surface area contributed by atoms with Gasteiger partial charge in [-0.25, -0.2) is 0 Å². The molecule has 1 amide bonds. The highest BCUT2D eigenvalue weighted by Crippen LogP contribution is 2.14. The van der Waals surface area contributed by atoms with E-state index in [0.29, 0.717) is 23.7 Å². The summed E-state index contributed by atoms with van der Waals surface area (Å²) in [6.45, 7) is 0.983. The number of carbonyl (C=O) groups excluding carboxylic acids is 1. The van der Waals surface area contributed by atoms with Crippen LogP contribution in [0.25, 0.3) is 0 Å². The number of nitrogens with zero attached hydrogens (tertiary/aromatic N) is 3. The predicted molar refractivity (Wildman–Crippen MR) is 83.5 cm³/mol. The molecule has 1 aromatic rings. The summed E-state index contributed by atoms with van der Waals surface area (Å²) in [6.07, 6.45) is 0. The van der Waals surface area contributed by atoms with Crippen molar-refractivity contribution in [3.63, 3.8) is 0 Å². The van der Waals surface area contributed by atoms with Crippen LogP contribution in [0.15, 0.2) is 29.3 Å². The zero-order valence-electron chi connectivity index (χ0n) is 12.4. The van der Waals surface area contributed by atoms with Crippen LogP contribution in [0.3, 0.4) is 0 Å². The molecule has 1 N–H and O–H groups in total. The molecule has 0 saturated heterocycles. The van der Waals surface area contributed by atoms with Crippen LogP contribution in [-0.2, 0) is 0 Å². The SMILES string of the molecule is CN(C)C(=NCCNC(=O)c1ccccc1Cl)N(C)C. The maximum Gasteiger partial charge on any atom is 0.252 e. The van der Waals surface area contributed by atoms with Crippen molar-refractivity contribution in [3.8, 4) is 0 Å². The van der Waals surface area contributed by atoms with Crippen LogP contribution in [0.1, 0.15) is 10.4 Å². The Bertz CT molecular complexity index is 476. The second-order valence-corrected chi connectivity index (χ2v) is 5.11. The third-order valence-corrected chi connectivity index (χ3v) is 2.90. The van der Waals surface area contributed by atoms with E-state index in [4.69, 9.17) is 11.6 Å². The predicted octanol–water partition coefficient (Wildman–Crippen LogP) is 1.55. The molecule has 20 heavy (non-hydrogen) atoms. The molecule has 0 fully saturated rings. The second-order valence-electron chi connectivity index (χ2n) is 4.71. The number of amides is 1. The van der Waals surface area contributed by atoms with Gasteiger partial charge in [0.1, 0.15) is 0 Å². The topological polar surface area (TPSA) is 47.9 Å². The molecule has 1 aromatic carbocycles. The molecular weight excluding hydrogens is 276 g/mol. The van der Waals surface area contributed by atoms with Crippen LogP contribution < -0.4 is 5.32 Å². The molecule has 0 aliphatic heterocycles. The first-order valence-electron chi connectivity index (χ1n) is 6.35. The summed E-state index contributed by atoms with van der Waals surface area (Å²) >= 11 is 5.96. The average Bonchev–Trinajstić information content (AvgIpc) is 2.37. The summed E-state index contributed by atoms with van der Waals surface area (Å²) in [5.74, 6) is 0.680. The molecule has 110 valence electrons. The molecule has 0 saturated carbocycles. The number of hydrogen-bond donors (Lipinski definition) is 1. The molecule has 0 unspecified atom stereocenters. The fraction of sp³-hybridized carbons (Fsp3) is 0.429. The van der Waals surface area contributed by atoms with Gasteiger partial charge in [-0.2, -0.15) is 0 Å². The van der Waals surface area contributed by atoms with Crippen LogP contribution in [0, 0.1) is 0 Å². The van der Waals surface area contributed by atoms with Crippen LogP contribution in [0.5, 0.6) is 0 Å². The lowest BCUT2D eigenvalue weighted by Crippen LogP contribution is -2.36. The Kier molecular flexibility index (Phi) is 6.31. The smallest absolute Gasteiger partial charge is 0.252 e. The van der Waals surface area contributed by atoms with E-state index >= 15 is 0 Å². The van der Waals surface area contributed by atoms with Gasteiger partial charge in [0.15, 0.2) is 5.96 Å². The first-order chi connectivity index (χ1) is 9.43. The van der Waals surface area contributed by atoms with Gasteiger partial charge in [-0.1, -0.05) is 23.7 Å². The van der Waals surface area contributed by atoms with Crippen LogP contribution >= 0.6 is 11.6 Å². The van der Waals surface area contributed by atoms with E-state index in [1.807, 2.05) is 38.0 Å². The summed E-state index contributed by atoms with van der Waals surface area (Å²) in [5, 5.41) is 3.26. The largest absolute Gasteiger partial charge is 0.350 e. The molecule has 0 aromatic heterocycles. The highest BCUT2D eigenvalue weighted by Gasteiger charge is 2.08. The minimum Gasteiger partial charge on any atom is -0.350 e. The van der Waals surface area contributed by atoms with Crippen molar-refractivity contribution in [3.05, 3.63) is 34.9 Å². The molecule has 0 bridgehead atoms. The Labute approximate surface area is 125 Å². The molecule has 0 radical (unpaired) electrons. The molecule has 5 nitrogen and oxygen atoms in total. The lowest BCUT2D eigenvalue weighted by Gasteiger charge is -2.22. The average molecular weight is 297 g/mol. The van der Waals surface area contributed by atoms with Gasteiger partial charge in [-0.05, 0) is 12.1 Å². The number of halogens is 1. The van der Waals surface area contributed by atoms with Crippen molar-refractivity contribution in [2.24, 2.45) is 4.99 Å². The fourth-order valence-corrected chi connectivity index (χ4v) is 1.97. The van der Waals surface area contributed by atoms with Gasteiger partial charge in [-0.3, -0.25) is 9.79 Å². The number of hydrogen-bond acceptors (Lipinski definition) is 2. The quantitative estimate of drug-likeness (QED) is 0.521. The summed E-state index contributed by atoms with van der Waals surface area (Å²) in [6, 6.07) is 6.98. The Morgan fingerprint density at radius 1 is 1.20 bits per heavy atom. The Balaban J connectivity index is 2.51. The molecule has 1 rings (SSSR count). The first-order valence-corrected chi connectivity index (χ1v) is 6.73. The van der Waals surface area contributed by atoms with Crippen molar-refractivity contribution in [2.45, 2.75) is 0 Å². The highest BCUT2D eigenvalue weighted by atomic mass is 35.5. The zero-order chi connectivity index (χ0) is 15.1. The maximum absolute atomic E-state index is 11.9. The Morgan fingerprint density at radius 2 is 1.80 bits per heavy atom. The van der Waals surface area contributed by atoms with Crippen LogP contribution in [0.2, 0.25) is 5.02 Å². The van der Waals surface area contributed by atoms with Crippen LogP contribution in [0.4, 0.5) is 0 Å². The van der Waals surface area contributed by atoms with Gasteiger partial charge in [0.05, 0.1) is 17.1 Å². The van der Waals surface area contributed by atoms with Crippen molar-refractivity contribution in [1.29, 1.82) is 0 Å². The van der Waals surface area contributed by atoms with E-state index in [9.17, 15) is 4.79 Å². The third kappa shape index (κ3) is 4.74. The van der Waals surface area contributed by atoms with Gasteiger partial charge in [0.2, 0.25) is 0 Å². The highest BCUT2D eigenvalue weighted by molar-refractivity contribution is 6.33. The maximum atomic E-state index is 11.9. The number of guanidine groups is 1. The first kappa shape index (κ1) is 16.3. The van der Waals surface area contributed by atoms with Gasteiger partial charge in [-0.15, -0.1) is 0 Å². The molecule has 0 atom stereocenters. The van der Waals surface area contributed by atoms with Gasteiger partial charge in [0, 0.05) is 34.7 Å². The number of aliphatic imine (C=N–C) groups is 1. The molecular formula is C14H21ClN4O. The summed E-state index contributed by atoms with van der Waals surface area (Å²) < 4.78 is 0. The molecule has 0 aliphatic rings. The van der Waals surface area contributed by atoms with E-state index in [2.05, 4.69) is 10.3 Å². The molecule has 0 heterocycles. The second kappa shape index (κ2) is 7.75. The van der Waals surface area contributed by atoms with Gasteiger partial charge in [0.25, 0.3) is 5.91 Å². The minimum absolute atomic E-state index is 0.179. The van der Waals surface area contributed by atoms with Crippen LogP contribution in [-0.4, -0.2) is 62.9 Å². The fourth-order valence-electron chi connectivity index (χ4n) is 1.75. The van der Waals surface area contributed by atoms with Crippen molar-refractivity contribution >= 4 is 23.5 Å². The molecule has 0 aliphatic carbocycles. The van der Waals surface area contributed by atoms with E-state index in [0.717, 1.165) is 5.96 Å². The number of nitrogens with one attached hydrogen (secondary N) is 1. The van der Waals surface area contributed by atoms with E-state index in [1.165, 1.54) is 0 Å². The van der Waals surface area contributed by atoms with Gasteiger partial charge < -0.3 is 15.1 Å². The lowest BCUT2D eigenvalue weighted by molar-refractivity contribution is 0.0955. The van der Waals surface area contributed by atoms with Crippen molar-refractivity contribution in [1.82, 2.24) is 15.1 Å². The Morgan fingerprint density at radius 3 is 2.35 bits per heavy atom. The summed E-state index contributed by atoms with van der Waals surface area (Å²) in [5.41, 5.74) is 0.485. The number of rotatable bonds is 4. The van der Waals surface area contributed by atoms with E-state index in [1.54, 1.807) is 24.3 Å². The lowest BCUT2D eigenvalue weighted by atomic mass is 10.2. The van der Waals surface area contributed by atoms with Crippen molar-refractivity contribution in [2.75, 3.05) is 41.3 Å². The minimum atomic E-state index is -0.179. The van der Waals surface area contributed by atoms with E-state index < -0.39 is 0 Å². The number of carbonyl (C=O) groups is 1. The summed E-state index contributed by atoms with van der Waals surface area (Å²) in [7, 11) is 7.73. The third-order valence-electron chi connectivity index (χ3n) is 2.57. The van der Waals surface area contributed by atoms with Gasteiger partial charge >= 0.3 is 0 Å². The van der Waals surface area contributed by atoms with Crippen molar-refractivity contribution < 1.29 is 4.79 Å². The van der Waals surface area contributed by atoms with E-state index in [-0.39, 0.29) is 5.91 Å². The Hall–Kier alpha value is -1.75. The zero-order valence-corrected chi connectivity index (χ0v) is 13.1. The standard InChI is InChI=1S/C14H21ClN4O/c1-18(2)14(19(3)4)17-10-9-16-13(20)11-7-5-6-8-12(11)15/h5-8H,9-10H2,1-4H3,(H,16,20). The normalized spacial score (nSPS) is 9.85. The molecule has 6 heteroatoms. The monoisotopic (exact) mass is 296 g/mol. The molecule has 0 spiro atoms. The summed E-state index contributed by atoms with van der Waals surface area (Å²) in [4.78, 5) is 20.2.